The number of rotatable bonds is 6. The van der Waals surface area contributed by atoms with E-state index in [4.69, 9.17) is 5.11 Å². The Morgan fingerprint density at radius 2 is 2.00 bits per heavy atom. The molecule has 0 bridgehead atoms. The Labute approximate surface area is 155 Å². The van der Waals surface area contributed by atoms with Crippen LogP contribution in [0.15, 0.2) is 30.3 Å². The van der Waals surface area contributed by atoms with Crippen molar-refractivity contribution in [1.29, 1.82) is 0 Å². The molecule has 0 aliphatic carbocycles. The molecule has 2 unspecified atom stereocenters. The minimum Gasteiger partial charge on any atom is -0.481 e. The number of urea groups is 1. The fourth-order valence-electron chi connectivity index (χ4n) is 3.57. The topological polar surface area (TPSA) is 89.9 Å². The van der Waals surface area contributed by atoms with Crippen LogP contribution >= 0.6 is 0 Å². The molecule has 6 nitrogen and oxygen atoms in total. The minimum absolute atomic E-state index is 0.0159. The van der Waals surface area contributed by atoms with Crippen LogP contribution in [0.5, 0.6) is 0 Å². The van der Waals surface area contributed by atoms with E-state index in [1.54, 1.807) is 4.90 Å². The monoisotopic (exact) mass is 362 g/mol. The molecule has 2 atom stereocenters. The molecule has 144 valence electrons. The molecule has 0 saturated carbocycles. The third-order valence-corrected chi connectivity index (χ3v) is 4.79. The molecule has 1 aromatic carbocycles. The van der Waals surface area contributed by atoms with Crippen molar-refractivity contribution in [3.05, 3.63) is 35.9 Å². The minimum atomic E-state index is -0.865. The summed E-state index contributed by atoms with van der Waals surface area (Å²) in [4.78, 5) is 25.5. The number of carboxylic acid groups (broad SMARTS) is 1. The average Bonchev–Trinajstić information content (AvgIpc) is 2.70. The van der Waals surface area contributed by atoms with E-state index >= 15 is 0 Å². The smallest absolute Gasteiger partial charge is 0.317 e. The lowest BCUT2D eigenvalue weighted by molar-refractivity contribution is -0.137. The van der Waals surface area contributed by atoms with Gasteiger partial charge in [-0.3, -0.25) is 4.79 Å². The molecule has 1 aliphatic heterocycles. The van der Waals surface area contributed by atoms with Crippen LogP contribution < -0.4 is 5.32 Å². The first-order valence-electron chi connectivity index (χ1n) is 9.24. The number of hydrogen-bond acceptors (Lipinski definition) is 3. The van der Waals surface area contributed by atoms with Gasteiger partial charge in [-0.15, -0.1) is 0 Å². The van der Waals surface area contributed by atoms with Gasteiger partial charge >= 0.3 is 12.0 Å². The second kappa shape index (κ2) is 9.03. The molecule has 0 spiro atoms. The first kappa shape index (κ1) is 20.2. The van der Waals surface area contributed by atoms with Gasteiger partial charge in [-0.05, 0) is 36.7 Å². The molecule has 0 aromatic heterocycles. The Balaban J connectivity index is 2.03. The van der Waals surface area contributed by atoms with Crippen molar-refractivity contribution in [1.82, 2.24) is 10.2 Å². The highest BCUT2D eigenvalue weighted by Crippen LogP contribution is 2.28. The molecule has 1 fully saturated rings. The number of hydrogen-bond donors (Lipinski definition) is 3. The molecule has 3 N–H and O–H groups in total. The summed E-state index contributed by atoms with van der Waals surface area (Å²) in [6.07, 6.45) is 1.84. The number of carbonyl (C=O) groups is 2. The maximum Gasteiger partial charge on any atom is 0.317 e. The zero-order valence-corrected chi connectivity index (χ0v) is 15.6. The molecule has 2 rings (SSSR count). The van der Waals surface area contributed by atoms with E-state index < -0.39 is 12.1 Å². The van der Waals surface area contributed by atoms with E-state index in [2.05, 4.69) is 5.32 Å². The van der Waals surface area contributed by atoms with Gasteiger partial charge in [-0.2, -0.15) is 0 Å². The van der Waals surface area contributed by atoms with Crippen LogP contribution in [0.4, 0.5) is 4.79 Å². The van der Waals surface area contributed by atoms with E-state index in [9.17, 15) is 14.7 Å². The van der Waals surface area contributed by atoms with Gasteiger partial charge < -0.3 is 20.4 Å². The van der Waals surface area contributed by atoms with Gasteiger partial charge in [0, 0.05) is 25.6 Å². The molecule has 26 heavy (non-hydrogen) atoms. The van der Waals surface area contributed by atoms with Crippen molar-refractivity contribution < 1.29 is 19.8 Å². The second-order valence-electron chi connectivity index (χ2n) is 8.00. The van der Waals surface area contributed by atoms with Crippen molar-refractivity contribution in [3.8, 4) is 0 Å². The third kappa shape index (κ3) is 6.67. The molecule has 6 heteroatoms. The van der Waals surface area contributed by atoms with Crippen LogP contribution in [0.2, 0.25) is 0 Å². The lowest BCUT2D eigenvalue weighted by Crippen LogP contribution is -2.48. The Bertz CT molecular complexity index is 603. The van der Waals surface area contributed by atoms with E-state index in [0.29, 0.717) is 38.8 Å². The Hall–Kier alpha value is -2.08. The Morgan fingerprint density at radius 3 is 2.65 bits per heavy atom. The number of nitrogens with one attached hydrogen (secondary N) is 1. The number of nitrogens with zero attached hydrogens (tertiary/aromatic N) is 1. The Morgan fingerprint density at radius 1 is 1.31 bits per heavy atom. The van der Waals surface area contributed by atoms with Gasteiger partial charge in [0.15, 0.2) is 0 Å². The van der Waals surface area contributed by atoms with Crippen molar-refractivity contribution >= 4 is 12.0 Å². The summed E-state index contributed by atoms with van der Waals surface area (Å²) in [5.41, 5.74) is 0.915. The van der Waals surface area contributed by atoms with Crippen molar-refractivity contribution in [2.45, 2.75) is 58.1 Å². The van der Waals surface area contributed by atoms with E-state index in [0.717, 1.165) is 5.56 Å². The van der Waals surface area contributed by atoms with Crippen LogP contribution in [-0.4, -0.2) is 52.3 Å². The molecule has 1 aliphatic rings. The molecule has 1 heterocycles. The Kier molecular flexibility index (Phi) is 7.03. The van der Waals surface area contributed by atoms with E-state index in [-0.39, 0.29) is 23.9 Å². The quantitative estimate of drug-likeness (QED) is 0.726. The van der Waals surface area contributed by atoms with Gasteiger partial charge in [0.2, 0.25) is 0 Å². The highest BCUT2D eigenvalue weighted by molar-refractivity contribution is 5.75. The van der Waals surface area contributed by atoms with Gasteiger partial charge in [0.05, 0.1) is 6.10 Å². The van der Waals surface area contributed by atoms with Gasteiger partial charge in [0.1, 0.15) is 0 Å². The fraction of sp³-hybridized carbons (Fsp3) is 0.600. The lowest BCUT2D eigenvalue weighted by atomic mass is 9.87. The van der Waals surface area contributed by atoms with Crippen LogP contribution in [0.1, 0.15) is 45.1 Å². The summed E-state index contributed by atoms with van der Waals surface area (Å²) in [6.45, 7) is 5.18. The normalized spacial score (nSPS) is 20.9. The van der Waals surface area contributed by atoms with Crippen LogP contribution in [-0.2, 0) is 11.2 Å². The number of likely N-dealkylation sites (tertiary alicyclic amines) is 1. The molecule has 1 aromatic rings. The summed E-state index contributed by atoms with van der Waals surface area (Å²) in [5.74, 6) is -0.865. The maximum absolute atomic E-state index is 12.8. The molecule has 1 saturated heterocycles. The summed E-state index contributed by atoms with van der Waals surface area (Å²) in [7, 11) is 0. The molecular weight excluding hydrogens is 332 g/mol. The summed E-state index contributed by atoms with van der Waals surface area (Å²) in [5, 5.41) is 22.0. The highest BCUT2D eigenvalue weighted by Gasteiger charge is 2.31. The molecule has 2 amide bonds. The number of aliphatic hydroxyl groups is 1. The second-order valence-corrected chi connectivity index (χ2v) is 8.00. The zero-order valence-electron chi connectivity index (χ0n) is 15.6. The first-order chi connectivity index (χ1) is 12.2. The summed E-state index contributed by atoms with van der Waals surface area (Å²) in [6, 6.07) is 9.33. The van der Waals surface area contributed by atoms with Crippen LogP contribution in [0, 0.1) is 5.41 Å². The third-order valence-electron chi connectivity index (χ3n) is 4.79. The highest BCUT2D eigenvalue weighted by atomic mass is 16.4. The summed E-state index contributed by atoms with van der Waals surface area (Å²) < 4.78 is 0. The summed E-state index contributed by atoms with van der Waals surface area (Å²) >= 11 is 0. The maximum atomic E-state index is 12.8. The lowest BCUT2D eigenvalue weighted by Gasteiger charge is -2.31. The van der Waals surface area contributed by atoms with Crippen LogP contribution in [0.25, 0.3) is 0 Å². The van der Waals surface area contributed by atoms with E-state index in [1.807, 2.05) is 44.2 Å². The number of carbonyl (C=O) groups excluding carboxylic acids is 1. The zero-order chi connectivity index (χ0) is 19.2. The number of aliphatic carboxylic acids is 1. The van der Waals surface area contributed by atoms with Gasteiger partial charge in [0.25, 0.3) is 0 Å². The van der Waals surface area contributed by atoms with Gasteiger partial charge in [-0.25, -0.2) is 4.79 Å². The number of amides is 2. The van der Waals surface area contributed by atoms with Crippen molar-refractivity contribution in [3.63, 3.8) is 0 Å². The largest absolute Gasteiger partial charge is 0.481 e. The van der Waals surface area contributed by atoms with Gasteiger partial charge in [-0.1, -0.05) is 44.2 Å². The predicted molar refractivity (Wildman–Crippen MR) is 99.9 cm³/mol. The van der Waals surface area contributed by atoms with E-state index in [1.165, 1.54) is 0 Å². The number of aliphatic hydroxyl groups excluding tert-OH is 1. The SMILES string of the molecule is CC1(C)CC(O)CCN(C(=O)NC(CCC(=O)O)Cc2ccccc2)C1. The fourth-order valence-corrected chi connectivity index (χ4v) is 3.57. The molecular formula is C20H30N2O4. The predicted octanol–water partition coefficient (Wildman–Crippen LogP) is 2.66. The number of carboxylic acids is 1. The van der Waals surface area contributed by atoms with Crippen LogP contribution in [0.3, 0.4) is 0 Å². The molecule has 0 radical (unpaired) electrons. The first-order valence-corrected chi connectivity index (χ1v) is 9.24. The number of benzene rings is 1. The van der Waals surface area contributed by atoms with Crippen molar-refractivity contribution in [2.24, 2.45) is 5.41 Å². The van der Waals surface area contributed by atoms with Crippen molar-refractivity contribution in [2.75, 3.05) is 13.1 Å². The standard InChI is InChI=1S/C20H30N2O4/c1-20(2)13-17(23)10-11-22(14-20)19(26)21-16(8-9-18(24)25)12-15-6-4-3-5-7-15/h3-7,16-17,23H,8-14H2,1-2H3,(H,21,26)(H,24,25). The average molecular weight is 362 g/mol.